The van der Waals surface area contributed by atoms with Gasteiger partial charge in [-0.1, -0.05) is 18.2 Å². The van der Waals surface area contributed by atoms with Crippen LogP contribution in [-0.2, 0) is 6.42 Å². The van der Waals surface area contributed by atoms with Gasteiger partial charge in [0.05, 0.1) is 12.8 Å². The maximum Gasteiger partial charge on any atom is 0.223 e. The second-order valence-electron chi connectivity index (χ2n) is 10.5. The van der Waals surface area contributed by atoms with Gasteiger partial charge in [-0.15, -0.1) is 0 Å². The van der Waals surface area contributed by atoms with Crippen molar-refractivity contribution in [3.05, 3.63) is 48.3 Å². The normalized spacial score (nSPS) is 19.4. The Morgan fingerprint density at radius 1 is 1.00 bits per heavy atom. The molecule has 1 fully saturated rings. The number of piperidine rings is 1. The third-order valence-corrected chi connectivity index (χ3v) is 6.76. The summed E-state index contributed by atoms with van der Waals surface area (Å²) in [5, 5.41) is 10.8. The fourth-order valence-corrected chi connectivity index (χ4v) is 5.58. The maximum absolute atomic E-state index is 6.15. The van der Waals surface area contributed by atoms with Crippen molar-refractivity contribution in [3.63, 3.8) is 0 Å². The average molecular weight is 432 g/mol. The summed E-state index contributed by atoms with van der Waals surface area (Å²) in [6, 6.07) is 11.3. The number of nitrogens with zero attached hydrogens (tertiary/aromatic N) is 3. The van der Waals surface area contributed by atoms with E-state index in [1.165, 1.54) is 16.7 Å². The second-order valence-corrected chi connectivity index (χ2v) is 10.5. The largest absolute Gasteiger partial charge is 0.477 e. The molecule has 0 saturated carbocycles. The molecule has 2 aliphatic rings. The zero-order valence-corrected chi connectivity index (χ0v) is 19.7. The molecule has 2 N–H and O–H groups in total. The van der Waals surface area contributed by atoms with E-state index < -0.39 is 0 Å². The highest BCUT2D eigenvalue weighted by atomic mass is 16.5. The van der Waals surface area contributed by atoms with Crippen LogP contribution in [0.4, 0.5) is 5.82 Å². The summed E-state index contributed by atoms with van der Waals surface area (Å²) in [6.07, 6.45) is 6.80. The smallest absolute Gasteiger partial charge is 0.223 e. The molecule has 0 aliphatic carbocycles. The first-order chi connectivity index (χ1) is 15.2. The Kier molecular flexibility index (Phi) is 5.01. The van der Waals surface area contributed by atoms with E-state index in [4.69, 9.17) is 9.72 Å². The van der Waals surface area contributed by atoms with Crippen LogP contribution in [-0.4, -0.2) is 46.0 Å². The summed E-state index contributed by atoms with van der Waals surface area (Å²) in [4.78, 5) is 7.32. The number of H-pyrrole nitrogens is 1. The lowest BCUT2D eigenvalue weighted by atomic mass is 9.79. The molecule has 32 heavy (non-hydrogen) atoms. The van der Waals surface area contributed by atoms with Crippen molar-refractivity contribution >= 4 is 5.82 Å². The van der Waals surface area contributed by atoms with E-state index in [9.17, 15) is 0 Å². The van der Waals surface area contributed by atoms with Crippen molar-refractivity contribution in [1.82, 2.24) is 20.5 Å². The summed E-state index contributed by atoms with van der Waals surface area (Å²) >= 11 is 0. The quantitative estimate of drug-likeness (QED) is 0.622. The molecule has 0 amide bonds. The Balaban J connectivity index is 1.46. The van der Waals surface area contributed by atoms with Gasteiger partial charge >= 0.3 is 0 Å². The lowest BCUT2D eigenvalue weighted by molar-refractivity contribution is 0.160. The molecule has 0 radical (unpaired) electrons. The lowest BCUT2D eigenvalue weighted by Gasteiger charge is -2.49. The number of fused-ring (bicyclic) bond motifs is 3. The van der Waals surface area contributed by atoms with Gasteiger partial charge in [0.25, 0.3) is 0 Å². The van der Waals surface area contributed by atoms with Gasteiger partial charge in [0.2, 0.25) is 5.88 Å². The Bertz CT molecular complexity index is 1100. The molecule has 3 aromatic rings. The van der Waals surface area contributed by atoms with E-state index in [1.54, 1.807) is 0 Å². The summed E-state index contributed by atoms with van der Waals surface area (Å²) in [5.41, 5.74) is 6.01. The van der Waals surface area contributed by atoms with Gasteiger partial charge in [-0.3, -0.25) is 5.10 Å². The molecule has 0 spiro atoms. The van der Waals surface area contributed by atoms with Crippen molar-refractivity contribution in [2.24, 2.45) is 0 Å². The van der Waals surface area contributed by atoms with Crippen molar-refractivity contribution in [3.8, 4) is 28.1 Å². The standard InChI is InChI=1S/C26H33N5O/c1-25(2)13-20(14-26(3,4)30-25)31(5)23-9-8-22-21-7-6-17(19-15-27-28-16-19)12-18(21)10-11-32-24(22)29-23/h6-9,12,15-16,20,30H,10-11,13-14H2,1-5H3,(H,27,28). The van der Waals surface area contributed by atoms with Gasteiger partial charge in [-0.05, 0) is 69.4 Å². The predicted molar refractivity (Wildman–Crippen MR) is 129 cm³/mol. The number of benzene rings is 1. The number of aromatic amines is 1. The average Bonchev–Trinajstić information content (AvgIpc) is 3.19. The van der Waals surface area contributed by atoms with Gasteiger partial charge in [-0.25, -0.2) is 0 Å². The molecule has 0 bridgehead atoms. The highest BCUT2D eigenvalue weighted by Gasteiger charge is 2.39. The van der Waals surface area contributed by atoms with Gasteiger partial charge in [0.1, 0.15) is 5.82 Å². The number of aromatic nitrogens is 3. The van der Waals surface area contributed by atoms with Crippen LogP contribution < -0.4 is 15.0 Å². The third-order valence-electron chi connectivity index (χ3n) is 6.76. The van der Waals surface area contributed by atoms with Crippen LogP contribution in [0.5, 0.6) is 5.88 Å². The molecular formula is C26H33N5O. The van der Waals surface area contributed by atoms with Crippen LogP contribution in [0.1, 0.15) is 46.1 Å². The molecular weight excluding hydrogens is 398 g/mol. The number of hydrogen-bond acceptors (Lipinski definition) is 5. The molecule has 2 aromatic heterocycles. The molecule has 6 nitrogen and oxygen atoms in total. The molecule has 6 heteroatoms. The SMILES string of the molecule is CN(c1ccc2c(n1)OCCc1cc(-c3cn[nH]c3)ccc1-2)C1CC(C)(C)NC(C)(C)C1. The monoisotopic (exact) mass is 431 g/mol. The van der Waals surface area contributed by atoms with Gasteiger partial charge in [0, 0.05) is 47.9 Å². The van der Waals surface area contributed by atoms with E-state index in [1.807, 2.05) is 12.4 Å². The zero-order chi connectivity index (χ0) is 22.5. The fraction of sp³-hybridized carbons (Fsp3) is 0.462. The predicted octanol–water partition coefficient (Wildman–Crippen LogP) is 4.82. The molecule has 5 rings (SSSR count). The van der Waals surface area contributed by atoms with E-state index in [0.29, 0.717) is 12.6 Å². The fourth-order valence-electron chi connectivity index (χ4n) is 5.58. The number of pyridine rings is 1. The zero-order valence-electron chi connectivity index (χ0n) is 19.7. The van der Waals surface area contributed by atoms with Crippen molar-refractivity contribution < 1.29 is 4.74 Å². The van der Waals surface area contributed by atoms with Crippen molar-refractivity contribution in [2.45, 2.75) is 64.1 Å². The van der Waals surface area contributed by atoms with Gasteiger partial charge in [-0.2, -0.15) is 10.1 Å². The summed E-state index contributed by atoms with van der Waals surface area (Å²) < 4.78 is 6.15. The molecule has 0 unspecified atom stereocenters. The van der Waals surface area contributed by atoms with Crippen molar-refractivity contribution in [2.75, 3.05) is 18.6 Å². The van der Waals surface area contributed by atoms with Gasteiger partial charge in [0.15, 0.2) is 0 Å². The minimum atomic E-state index is 0.0918. The van der Waals surface area contributed by atoms with E-state index in [-0.39, 0.29) is 11.1 Å². The first-order valence-corrected chi connectivity index (χ1v) is 11.5. The summed E-state index contributed by atoms with van der Waals surface area (Å²) in [6.45, 7) is 9.78. The van der Waals surface area contributed by atoms with E-state index in [0.717, 1.165) is 42.1 Å². The number of rotatable bonds is 3. The Morgan fingerprint density at radius 3 is 2.47 bits per heavy atom. The summed E-state index contributed by atoms with van der Waals surface area (Å²) in [7, 11) is 2.17. The highest BCUT2D eigenvalue weighted by molar-refractivity contribution is 5.77. The van der Waals surface area contributed by atoms with Crippen LogP contribution in [0, 0.1) is 0 Å². The van der Waals surface area contributed by atoms with Crippen LogP contribution in [0.15, 0.2) is 42.7 Å². The Morgan fingerprint density at radius 2 is 1.75 bits per heavy atom. The van der Waals surface area contributed by atoms with E-state index in [2.05, 4.69) is 85.5 Å². The molecule has 4 heterocycles. The second kappa shape index (κ2) is 7.62. The first kappa shape index (κ1) is 21.0. The molecule has 1 aromatic carbocycles. The number of hydrogen-bond donors (Lipinski definition) is 2. The summed E-state index contributed by atoms with van der Waals surface area (Å²) in [5.74, 6) is 1.71. The molecule has 2 aliphatic heterocycles. The first-order valence-electron chi connectivity index (χ1n) is 11.5. The number of anilines is 1. The van der Waals surface area contributed by atoms with Crippen LogP contribution >= 0.6 is 0 Å². The minimum absolute atomic E-state index is 0.0918. The van der Waals surface area contributed by atoms with Crippen molar-refractivity contribution in [1.29, 1.82) is 0 Å². The molecule has 168 valence electrons. The van der Waals surface area contributed by atoms with E-state index >= 15 is 0 Å². The minimum Gasteiger partial charge on any atom is -0.477 e. The third kappa shape index (κ3) is 3.99. The lowest BCUT2D eigenvalue weighted by Crippen LogP contribution is -2.62. The van der Waals surface area contributed by atoms with Crippen LogP contribution in [0.25, 0.3) is 22.3 Å². The Hall–Kier alpha value is -2.86. The Labute approximate surface area is 190 Å². The topological polar surface area (TPSA) is 66.1 Å². The number of nitrogens with one attached hydrogen (secondary N) is 2. The highest BCUT2D eigenvalue weighted by Crippen LogP contribution is 2.39. The van der Waals surface area contributed by atoms with Crippen LogP contribution in [0.3, 0.4) is 0 Å². The molecule has 0 atom stereocenters. The maximum atomic E-state index is 6.15. The molecule has 1 saturated heterocycles. The van der Waals surface area contributed by atoms with Gasteiger partial charge < -0.3 is 15.0 Å². The van der Waals surface area contributed by atoms with Crippen LogP contribution in [0.2, 0.25) is 0 Å². The number of ether oxygens (including phenoxy) is 1.